The van der Waals surface area contributed by atoms with Gasteiger partial charge in [-0.1, -0.05) is 43.8 Å². The SMILES string of the molecule is CCn1c(CC(=O)Nc2ccc(F)cc2)nnc1SCC(=O)Nc1ccccc1C(C)C. The van der Waals surface area contributed by atoms with E-state index in [0.717, 1.165) is 11.3 Å². The number of rotatable bonds is 9. The van der Waals surface area contributed by atoms with Crippen molar-refractivity contribution < 1.29 is 14.0 Å². The van der Waals surface area contributed by atoms with Crippen LogP contribution in [0, 0.1) is 5.82 Å². The predicted octanol–water partition coefficient (Wildman–Crippen LogP) is 4.47. The molecule has 0 aliphatic rings. The summed E-state index contributed by atoms with van der Waals surface area (Å²) >= 11 is 1.27. The second-order valence-corrected chi connectivity index (χ2v) is 8.40. The van der Waals surface area contributed by atoms with E-state index in [-0.39, 0.29) is 29.8 Å². The highest BCUT2D eigenvalue weighted by Gasteiger charge is 2.17. The molecule has 0 unspecified atom stereocenters. The molecule has 0 saturated heterocycles. The molecular weight excluding hydrogens is 429 g/mol. The van der Waals surface area contributed by atoms with Gasteiger partial charge in [-0.3, -0.25) is 9.59 Å². The smallest absolute Gasteiger partial charge is 0.234 e. The Kier molecular flexibility index (Phi) is 7.99. The van der Waals surface area contributed by atoms with E-state index in [1.807, 2.05) is 35.8 Å². The Morgan fingerprint density at radius 3 is 2.44 bits per heavy atom. The van der Waals surface area contributed by atoms with Crippen LogP contribution in [0.15, 0.2) is 53.7 Å². The average molecular weight is 456 g/mol. The van der Waals surface area contributed by atoms with Gasteiger partial charge >= 0.3 is 0 Å². The lowest BCUT2D eigenvalue weighted by Crippen LogP contribution is -2.18. The van der Waals surface area contributed by atoms with E-state index in [4.69, 9.17) is 0 Å². The minimum atomic E-state index is -0.368. The zero-order valence-corrected chi connectivity index (χ0v) is 19.1. The van der Waals surface area contributed by atoms with Gasteiger partial charge in [0.05, 0.1) is 12.2 Å². The summed E-state index contributed by atoms with van der Waals surface area (Å²) in [5, 5.41) is 14.5. The van der Waals surface area contributed by atoms with E-state index in [9.17, 15) is 14.0 Å². The minimum Gasteiger partial charge on any atom is -0.326 e. The molecule has 0 bridgehead atoms. The van der Waals surface area contributed by atoms with Gasteiger partial charge in [0.15, 0.2) is 5.16 Å². The molecule has 32 heavy (non-hydrogen) atoms. The Balaban J connectivity index is 1.59. The molecule has 0 spiro atoms. The quantitative estimate of drug-likeness (QED) is 0.465. The highest BCUT2D eigenvalue weighted by molar-refractivity contribution is 7.99. The number of para-hydroxylation sites is 1. The summed E-state index contributed by atoms with van der Waals surface area (Å²) < 4.78 is 14.8. The van der Waals surface area contributed by atoms with Crippen molar-refractivity contribution in [1.29, 1.82) is 0 Å². The molecule has 7 nitrogen and oxygen atoms in total. The maximum atomic E-state index is 13.0. The van der Waals surface area contributed by atoms with Crippen LogP contribution < -0.4 is 10.6 Å². The number of anilines is 2. The molecule has 0 fully saturated rings. The molecule has 0 atom stereocenters. The second kappa shape index (κ2) is 10.9. The maximum absolute atomic E-state index is 13.0. The summed E-state index contributed by atoms with van der Waals surface area (Å²) in [6, 6.07) is 13.3. The van der Waals surface area contributed by atoms with Crippen LogP contribution in [0.1, 0.15) is 38.1 Å². The van der Waals surface area contributed by atoms with Gasteiger partial charge in [-0.2, -0.15) is 0 Å². The van der Waals surface area contributed by atoms with Gasteiger partial charge in [0.2, 0.25) is 11.8 Å². The second-order valence-electron chi connectivity index (χ2n) is 7.45. The number of carbonyl (C=O) groups excluding carboxylic acids is 2. The van der Waals surface area contributed by atoms with Crippen LogP contribution in [-0.2, 0) is 22.6 Å². The largest absolute Gasteiger partial charge is 0.326 e. The average Bonchev–Trinajstić information content (AvgIpc) is 3.15. The van der Waals surface area contributed by atoms with Crippen LogP contribution in [0.2, 0.25) is 0 Å². The highest BCUT2D eigenvalue weighted by Crippen LogP contribution is 2.24. The van der Waals surface area contributed by atoms with Crippen LogP contribution in [0.4, 0.5) is 15.8 Å². The summed E-state index contributed by atoms with van der Waals surface area (Å²) in [5.74, 6) is 0.188. The number of halogens is 1. The summed E-state index contributed by atoms with van der Waals surface area (Å²) in [5.41, 5.74) is 2.40. The van der Waals surface area contributed by atoms with Gasteiger partial charge in [0, 0.05) is 17.9 Å². The van der Waals surface area contributed by atoms with Crippen molar-refractivity contribution in [2.24, 2.45) is 0 Å². The number of hydrogen-bond acceptors (Lipinski definition) is 5. The molecule has 3 rings (SSSR count). The highest BCUT2D eigenvalue weighted by atomic mass is 32.2. The van der Waals surface area contributed by atoms with E-state index in [1.165, 1.54) is 36.0 Å². The van der Waals surface area contributed by atoms with Crippen LogP contribution in [0.25, 0.3) is 0 Å². The Morgan fingerprint density at radius 1 is 1.03 bits per heavy atom. The fourth-order valence-electron chi connectivity index (χ4n) is 3.19. The van der Waals surface area contributed by atoms with Crippen molar-refractivity contribution >= 4 is 35.0 Å². The molecule has 0 aliphatic heterocycles. The fraction of sp³-hybridized carbons (Fsp3) is 0.304. The predicted molar refractivity (Wildman–Crippen MR) is 124 cm³/mol. The topological polar surface area (TPSA) is 88.9 Å². The van der Waals surface area contributed by atoms with E-state index in [2.05, 4.69) is 34.7 Å². The van der Waals surface area contributed by atoms with E-state index < -0.39 is 0 Å². The fourth-order valence-corrected chi connectivity index (χ4v) is 4.01. The van der Waals surface area contributed by atoms with Gasteiger partial charge in [0.25, 0.3) is 0 Å². The van der Waals surface area contributed by atoms with Gasteiger partial charge < -0.3 is 15.2 Å². The van der Waals surface area contributed by atoms with Crippen LogP contribution in [0.5, 0.6) is 0 Å². The third kappa shape index (κ3) is 6.16. The molecule has 2 N–H and O–H groups in total. The number of hydrogen-bond donors (Lipinski definition) is 2. The number of benzene rings is 2. The third-order valence-electron chi connectivity index (χ3n) is 4.75. The molecule has 0 aliphatic carbocycles. The summed E-state index contributed by atoms with van der Waals surface area (Å²) in [7, 11) is 0. The molecule has 0 radical (unpaired) electrons. The van der Waals surface area contributed by atoms with E-state index >= 15 is 0 Å². The first kappa shape index (κ1) is 23.5. The summed E-state index contributed by atoms with van der Waals surface area (Å²) in [6.07, 6.45) is 0.0206. The number of aromatic nitrogens is 3. The van der Waals surface area contributed by atoms with Crippen molar-refractivity contribution in [3.63, 3.8) is 0 Å². The Bertz CT molecular complexity index is 1080. The lowest BCUT2D eigenvalue weighted by molar-refractivity contribution is -0.116. The van der Waals surface area contributed by atoms with E-state index in [1.54, 1.807) is 0 Å². The number of amides is 2. The minimum absolute atomic E-state index is 0.0206. The zero-order chi connectivity index (χ0) is 23.1. The lowest BCUT2D eigenvalue weighted by atomic mass is 10.0. The standard InChI is InChI=1S/C23H26FN5O2S/c1-4-29-20(13-21(30)25-17-11-9-16(24)10-12-17)27-28-23(29)32-14-22(31)26-19-8-6-5-7-18(19)15(2)3/h5-12,15H,4,13-14H2,1-3H3,(H,25,30)(H,26,31). The van der Waals surface area contributed by atoms with Crippen LogP contribution >= 0.6 is 11.8 Å². The van der Waals surface area contributed by atoms with Crippen LogP contribution in [0.3, 0.4) is 0 Å². The van der Waals surface area contributed by atoms with Gasteiger partial charge in [-0.05, 0) is 48.7 Å². The van der Waals surface area contributed by atoms with Crippen molar-refractivity contribution in [2.45, 2.75) is 44.8 Å². The summed E-state index contributed by atoms with van der Waals surface area (Å²) in [4.78, 5) is 24.8. The molecule has 2 aromatic carbocycles. The molecule has 168 valence electrons. The first-order chi connectivity index (χ1) is 15.4. The first-order valence-corrected chi connectivity index (χ1v) is 11.3. The third-order valence-corrected chi connectivity index (χ3v) is 5.71. The monoisotopic (exact) mass is 455 g/mol. The maximum Gasteiger partial charge on any atom is 0.234 e. The number of nitrogens with one attached hydrogen (secondary N) is 2. The zero-order valence-electron chi connectivity index (χ0n) is 18.3. The molecule has 2 amide bonds. The number of thioether (sulfide) groups is 1. The Labute approximate surface area is 190 Å². The normalized spacial score (nSPS) is 10.9. The molecule has 9 heteroatoms. The van der Waals surface area contributed by atoms with Gasteiger partial charge in [0.1, 0.15) is 11.6 Å². The van der Waals surface area contributed by atoms with Crippen molar-refractivity contribution in [3.8, 4) is 0 Å². The van der Waals surface area contributed by atoms with E-state index in [0.29, 0.717) is 29.1 Å². The Hall–Kier alpha value is -3.20. The number of carbonyl (C=O) groups is 2. The molecular formula is C23H26FN5O2S. The molecule has 0 saturated carbocycles. The molecule has 1 aromatic heterocycles. The summed E-state index contributed by atoms with van der Waals surface area (Å²) in [6.45, 7) is 6.65. The lowest BCUT2D eigenvalue weighted by Gasteiger charge is -2.13. The molecule has 1 heterocycles. The van der Waals surface area contributed by atoms with Crippen molar-refractivity contribution in [1.82, 2.24) is 14.8 Å². The Morgan fingerprint density at radius 2 is 1.75 bits per heavy atom. The van der Waals surface area contributed by atoms with Crippen molar-refractivity contribution in [3.05, 3.63) is 65.7 Å². The van der Waals surface area contributed by atoms with Gasteiger partial charge in [-0.25, -0.2) is 4.39 Å². The van der Waals surface area contributed by atoms with Crippen molar-refractivity contribution in [2.75, 3.05) is 16.4 Å². The number of nitrogens with zero attached hydrogens (tertiary/aromatic N) is 3. The van der Waals surface area contributed by atoms with Gasteiger partial charge in [-0.15, -0.1) is 10.2 Å². The molecule has 3 aromatic rings. The first-order valence-electron chi connectivity index (χ1n) is 10.4. The van der Waals surface area contributed by atoms with Crippen LogP contribution in [-0.4, -0.2) is 32.3 Å².